The maximum atomic E-state index is 11.6. The summed E-state index contributed by atoms with van der Waals surface area (Å²) >= 11 is 7.14. The highest BCUT2D eigenvalue weighted by molar-refractivity contribution is 8.01. The summed E-state index contributed by atoms with van der Waals surface area (Å²) in [6, 6.07) is 5.24. The molecule has 0 saturated heterocycles. The molecular formula is C10H9ClN2O2S. The third kappa shape index (κ3) is 2.31. The number of halogens is 1. The molecule has 1 aliphatic heterocycles. The first-order chi connectivity index (χ1) is 7.56. The average molecular weight is 257 g/mol. The third-order valence-electron chi connectivity index (χ3n) is 2.15. The van der Waals surface area contributed by atoms with Crippen molar-refractivity contribution in [2.75, 3.05) is 5.32 Å². The van der Waals surface area contributed by atoms with Crippen molar-refractivity contribution < 1.29 is 9.59 Å². The van der Waals surface area contributed by atoms with Crippen molar-refractivity contribution in [1.29, 1.82) is 0 Å². The van der Waals surface area contributed by atoms with Gasteiger partial charge in [-0.2, -0.15) is 0 Å². The van der Waals surface area contributed by atoms with E-state index in [1.165, 1.54) is 11.8 Å². The lowest BCUT2D eigenvalue weighted by atomic mass is 10.2. The summed E-state index contributed by atoms with van der Waals surface area (Å²) in [6.45, 7) is 0. The van der Waals surface area contributed by atoms with Crippen LogP contribution in [0.2, 0.25) is 5.02 Å². The van der Waals surface area contributed by atoms with E-state index in [-0.39, 0.29) is 12.3 Å². The fourth-order valence-electron chi connectivity index (χ4n) is 1.44. The maximum Gasteiger partial charge on any atom is 0.238 e. The molecule has 84 valence electrons. The quantitative estimate of drug-likeness (QED) is 0.845. The van der Waals surface area contributed by atoms with Crippen LogP contribution in [0.1, 0.15) is 6.42 Å². The van der Waals surface area contributed by atoms with Crippen LogP contribution in [-0.2, 0) is 9.59 Å². The Morgan fingerprint density at radius 2 is 2.31 bits per heavy atom. The monoisotopic (exact) mass is 256 g/mol. The Morgan fingerprint density at radius 1 is 1.56 bits per heavy atom. The zero-order chi connectivity index (χ0) is 11.7. The molecule has 1 aliphatic rings. The molecule has 0 saturated carbocycles. The number of benzene rings is 1. The van der Waals surface area contributed by atoms with E-state index in [4.69, 9.17) is 17.3 Å². The molecule has 4 nitrogen and oxygen atoms in total. The molecule has 0 aliphatic carbocycles. The number of rotatable bonds is 2. The Hall–Kier alpha value is -1.20. The molecule has 0 aromatic heterocycles. The Morgan fingerprint density at radius 3 is 3.00 bits per heavy atom. The number of nitrogens with two attached hydrogens (primary N) is 1. The maximum absolute atomic E-state index is 11.6. The number of hydrogen-bond donors (Lipinski definition) is 2. The molecule has 1 aromatic rings. The topological polar surface area (TPSA) is 72.2 Å². The van der Waals surface area contributed by atoms with Gasteiger partial charge in [-0.05, 0) is 18.2 Å². The molecular weight excluding hydrogens is 248 g/mol. The first-order valence-electron chi connectivity index (χ1n) is 4.61. The molecule has 0 radical (unpaired) electrons. The van der Waals surface area contributed by atoms with Crippen LogP contribution < -0.4 is 11.1 Å². The second-order valence-corrected chi connectivity index (χ2v) is 5.09. The SMILES string of the molecule is NC(=O)C[C@@H]1Sc2ccc(Cl)cc2NC1=O. The normalized spacial score (nSPS) is 18.8. The zero-order valence-corrected chi connectivity index (χ0v) is 9.77. The smallest absolute Gasteiger partial charge is 0.238 e. The van der Waals surface area contributed by atoms with E-state index in [1.807, 2.05) is 6.07 Å². The summed E-state index contributed by atoms with van der Waals surface area (Å²) in [7, 11) is 0. The lowest BCUT2D eigenvalue weighted by molar-refractivity contribution is -0.121. The minimum absolute atomic E-state index is 0.0402. The molecule has 1 aromatic carbocycles. The number of amides is 2. The van der Waals surface area contributed by atoms with Gasteiger partial charge in [0.15, 0.2) is 0 Å². The van der Waals surface area contributed by atoms with E-state index in [0.29, 0.717) is 10.7 Å². The van der Waals surface area contributed by atoms with Crippen molar-refractivity contribution in [2.45, 2.75) is 16.6 Å². The Bertz CT molecular complexity index is 464. The number of primary amides is 1. The van der Waals surface area contributed by atoms with Gasteiger partial charge in [0.1, 0.15) is 0 Å². The summed E-state index contributed by atoms with van der Waals surface area (Å²) < 4.78 is 0. The molecule has 2 rings (SSSR count). The van der Waals surface area contributed by atoms with E-state index in [0.717, 1.165) is 4.90 Å². The van der Waals surface area contributed by atoms with Gasteiger partial charge in [0.05, 0.1) is 10.9 Å². The highest BCUT2D eigenvalue weighted by Gasteiger charge is 2.28. The lowest BCUT2D eigenvalue weighted by Gasteiger charge is -2.23. The summed E-state index contributed by atoms with van der Waals surface area (Å²) in [5.41, 5.74) is 5.76. The largest absolute Gasteiger partial charge is 0.370 e. The van der Waals surface area contributed by atoms with Gasteiger partial charge in [-0.25, -0.2) is 0 Å². The second-order valence-electron chi connectivity index (χ2n) is 3.41. The van der Waals surface area contributed by atoms with Gasteiger partial charge >= 0.3 is 0 Å². The van der Waals surface area contributed by atoms with Gasteiger partial charge in [-0.3, -0.25) is 9.59 Å². The highest BCUT2D eigenvalue weighted by atomic mass is 35.5. The van der Waals surface area contributed by atoms with Crippen molar-refractivity contribution in [3.8, 4) is 0 Å². The van der Waals surface area contributed by atoms with Crippen LogP contribution in [0.3, 0.4) is 0 Å². The summed E-state index contributed by atoms with van der Waals surface area (Å²) in [6.07, 6.45) is 0.0402. The minimum atomic E-state index is -0.481. The molecule has 0 fully saturated rings. The van der Waals surface area contributed by atoms with Crippen LogP contribution in [0.15, 0.2) is 23.1 Å². The number of carbonyl (C=O) groups excluding carboxylic acids is 2. The highest BCUT2D eigenvalue weighted by Crippen LogP contribution is 2.38. The van der Waals surface area contributed by atoms with Gasteiger partial charge in [-0.1, -0.05) is 11.6 Å². The second kappa shape index (κ2) is 4.35. The van der Waals surface area contributed by atoms with Crippen molar-refractivity contribution in [1.82, 2.24) is 0 Å². The van der Waals surface area contributed by atoms with Crippen LogP contribution >= 0.6 is 23.4 Å². The third-order valence-corrected chi connectivity index (χ3v) is 3.66. The van der Waals surface area contributed by atoms with Gasteiger partial charge < -0.3 is 11.1 Å². The number of thioether (sulfide) groups is 1. The van der Waals surface area contributed by atoms with E-state index in [1.54, 1.807) is 12.1 Å². The number of fused-ring (bicyclic) bond motifs is 1. The predicted octanol–water partition coefficient (Wildman–Crippen LogP) is 1.63. The Balaban J connectivity index is 2.25. The molecule has 1 heterocycles. The van der Waals surface area contributed by atoms with E-state index in [2.05, 4.69) is 5.32 Å². The summed E-state index contributed by atoms with van der Waals surface area (Å²) in [5.74, 6) is -0.691. The molecule has 1 atom stereocenters. The first kappa shape index (κ1) is 11.3. The number of anilines is 1. The molecule has 0 unspecified atom stereocenters. The van der Waals surface area contributed by atoms with Crippen molar-refractivity contribution in [3.63, 3.8) is 0 Å². The van der Waals surface area contributed by atoms with Crippen molar-refractivity contribution in [3.05, 3.63) is 23.2 Å². The predicted molar refractivity (Wildman–Crippen MR) is 63.5 cm³/mol. The zero-order valence-electron chi connectivity index (χ0n) is 8.20. The Kier molecular flexibility index (Phi) is 3.07. The van der Waals surface area contributed by atoms with Crippen LogP contribution in [0.25, 0.3) is 0 Å². The van der Waals surface area contributed by atoms with Crippen molar-refractivity contribution in [2.24, 2.45) is 5.73 Å². The standard InChI is InChI=1S/C10H9ClN2O2S/c11-5-1-2-7-6(3-5)13-10(15)8(16-7)4-9(12)14/h1-3,8H,4H2,(H2,12,14)(H,13,15)/t8-/m0/s1. The molecule has 0 spiro atoms. The molecule has 0 bridgehead atoms. The molecule has 3 N–H and O–H groups in total. The Labute approximate surface area is 102 Å². The van der Waals surface area contributed by atoms with Crippen LogP contribution in [0, 0.1) is 0 Å². The molecule has 6 heteroatoms. The van der Waals surface area contributed by atoms with E-state index >= 15 is 0 Å². The number of carbonyl (C=O) groups is 2. The van der Waals surface area contributed by atoms with Gasteiger partial charge in [0, 0.05) is 16.3 Å². The van der Waals surface area contributed by atoms with Crippen LogP contribution in [0.4, 0.5) is 5.69 Å². The van der Waals surface area contributed by atoms with Gasteiger partial charge in [0.25, 0.3) is 0 Å². The molecule has 16 heavy (non-hydrogen) atoms. The van der Waals surface area contributed by atoms with E-state index < -0.39 is 11.2 Å². The summed E-state index contributed by atoms with van der Waals surface area (Å²) in [5, 5.41) is 2.81. The average Bonchev–Trinajstić information content (AvgIpc) is 2.19. The minimum Gasteiger partial charge on any atom is -0.370 e. The van der Waals surface area contributed by atoms with Crippen LogP contribution in [0.5, 0.6) is 0 Å². The van der Waals surface area contributed by atoms with E-state index in [9.17, 15) is 9.59 Å². The fourth-order valence-corrected chi connectivity index (χ4v) is 2.72. The molecule has 2 amide bonds. The van der Waals surface area contributed by atoms with Gasteiger partial charge in [-0.15, -0.1) is 11.8 Å². The van der Waals surface area contributed by atoms with Gasteiger partial charge in [0.2, 0.25) is 11.8 Å². The number of nitrogens with one attached hydrogen (secondary N) is 1. The van der Waals surface area contributed by atoms with Crippen molar-refractivity contribution >= 4 is 40.9 Å². The first-order valence-corrected chi connectivity index (χ1v) is 5.87. The van der Waals surface area contributed by atoms with Crippen LogP contribution in [-0.4, -0.2) is 17.1 Å². The lowest BCUT2D eigenvalue weighted by Crippen LogP contribution is -2.32. The fraction of sp³-hybridized carbons (Fsp3) is 0.200. The number of hydrogen-bond acceptors (Lipinski definition) is 3. The summed E-state index contributed by atoms with van der Waals surface area (Å²) in [4.78, 5) is 23.3.